The van der Waals surface area contributed by atoms with Crippen molar-refractivity contribution in [3.05, 3.63) is 29.3 Å². The van der Waals surface area contributed by atoms with Gasteiger partial charge in [0, 0.05) is 24.7 Å². The lowest BCUT2D eigenvalue weighted by Gasteiger charge is -2.18. The maximum atomic E-state index is 12.7. The molecule has 5 nitrogen and oxygen atoms in total. The molecule has 1 fully saturated rings. The second kappa shape index (κ2) is 8.32. The normalized spacial score (nSPS) is 17.0. The largest absolute Gasteiger partial charge is 0.350 e. The summed E-state index contributed by atoms with van der Waals surface area (Å²) in [5.74, 6) is 0.391. The maximum Gasteiger partial charge on any atom is 0.251 e. The molecule has 1 atom stereocenters. The van der Waals surface area contributed by atoms with Crippen LogP contribution in [0.2, 0.25) is 0 Å². The van der Waals surface area contributed by atoms with E-state index in [1.54, 1.807) is 12.1 Å². The predicted molar refractivity (Wildman–Crippen MR) is 100 cm³/mol. The molecule has 1 aromatic rings. The molecular weight excluding hydrogens is 336 g/mol. The summed E-state index contributed by atoms with van der Waals surface area (Å²) in [6, 6.07) is 4.90. The lowest BCUT2D eigenvalue weighted by atomic mass is 10.0. The smallest absolute Gasteiger partial charge is 0.251 e. The van der Waals surface area contributed by atoms with Crippen LogP contribution in [0.5, 0.6) is 0 Å². The summed E-state index contributed by atoms with van der Waals surface area (Å²) in [6.07, 6.45) is 3.75. The number of amides is 1. The van der Waals surface area contributed by atoms with Crippen molar-refractivity contribution in [3.8, 4) is 0 Å². The molecule has 6 heteroatoms. The second-order valence-electron chi connectivity index (χ2n) is 7.43. The molecule has 1 heterocycles. The van der Waals surface area contributed by atoms with Gasteiger partial charge < -0.3 is 5.32 Å². The van der Waals surface area contributed by atoms with Crippen molar-refractivity contribution in [3.63, 3.8) is 0 Å². The highest BCUT2D eigenvalue weighted by molar-refractivity contribution is 7.89. The highest BCUT2D eigenvalue weighted by atomic mass is 32.2. The lowest BCUT2D eigenvalue weighted by Crippen LogP contribution is -2.33. The molecule has 0 bridgehead atoms. The van der Waals surface area contributed by atoms with Crippen LogP contribution < -0.4 is 5.32 Å². The van der Waals surface area contributed by atoms with Gasteiger partial charge in [0.1, 0.15) is 0 Å². The lowest BCUT2D eigenvalue weighted by molar-refractivity contribution is 0.0936. The van der Waals surface area contributed by atoms with Gasteiger partial charge in [-0.2, -0.15) is 4.31 Å². The van der Waals surface area contributed by atoms with Gasteiger partial charge in [-0.15, -0.1) is 0 Å². The molecule has 1 aliphatic rings. The maximum absolute atomic E-state index is 12.7. The van der Waals surface area contributed by atoms with E-state index in [0.29, 0.717) is 24.6 Å². The predicted octanol–water partition coefficient (Wildman–Crippen LogP) is 3.33. The number of nitrogens with one attached hydrogen (secondary N) is 1. The first-order chi connectivity index (χ1) is 11.7. The molecule has 1 saturated heterocycles. The molecule has 1 amide bonds. The van der Waals surface area contributed by atoms with Crippen LogP contribution in [0.25, 0.3) is 0 Å². The molecule has 1 aromatic carbocycles. The molecule has 0 saturated carbocycles. The minimum Gasteiger partial charge on any atom is -0.350 e. The van der Waals surface area contributed by atoms with Crippen LogP contribution in [-0.2, 0) is 10.0 Å². The van der Waals surface area contributed by atoms with Crippen LogP contribution in [0, 0.1) is 12.8 Å². The van der Waals surface area contributed by atoms with Gasteiger partial charge in [0.15, 0.2) is 0 Å². The number of hydrogen-bond acceptors (Lipinski definition) is 3. The van der Waals surface area contributed by atoms with Crippen molar-refractivity contribution in [2.75, 3.05) is 13.1 Å². The first-order valence-corrected chi connectivity index (χ1v) is 10.6. The molecular formula is C19H30N2O3S. The molecule has 0 aliphatic carbocycles. The van der Waals surface area contributed by atoms with Gasteiger partial charge in [0.05, 0.1) is 4.90 Å². The van der Waals surface area contributed by atoms with Crippen molar-refractivity contribution >= 4 is 15.9 Å². The van der Waals surface area contributed by atoms with Gasteiger partial charge in [0.25, 0.3) is 5.91 Å². The SMILES string of the molecule is Cc1ccc(S(=O)(=O)N2CCCC2)cc1C(=O)NC(C)CCC(C)C. The molecule has 0 spiro atoms. The number of nitrogens with zero attached hydrogens (tertiary/aromatic N) is 1. The van der Waals surface area contributed by atoms with Gasteiger partial charge in [-0.25, -0.2) is 8.42 Å². The van der Waals surface area contributed by atoms with E-state index in [0.717, 1.165) is 31.2 Å². The van der Waals surface area contributed by atoms with Gasteiger partial charge in [0.2, 0.25) is 10.0 Å². The molecule has 25 heavy (non-hydrogen) atoms. The third kappa shape index (κ3) is 5.05. The fraction of sp³-hybridized carbons (Fsp3) is 0.632. The fourth-order valence-corrected chi connectivity index (χ4v) is 4.58. The Kier molecular flexibility index (Phi) is 6.63. The van der Waals surface area contributed by atoms with Gasteiger partial charge in [-0.3, -0.25) is 4.79 Å². The summed E-state index contributed by atoms with van der Waals surface area (Å²) >= 11 is 0. The van der Waals surface area contributed by atoms with Gasteiger partial charge in [-0.1, -0.05) is 19.9 Å². The number of sulfonamides is 1. The number of carbonyl (C=O) groups is 1. The second-order valence-corrected chi connectivity index (χ2v) is 9.37. The minimum absolute atomic E-state index is 0.0631. The highest BCUT2D eigenvalue weighted by Crippen LogP contribution is 2.23. The Morgan fingerprint density at radius 3 is 2.40 bits per heavy atom. The minimum atomic E-state index is -3.51. The number of hydrogen-bond donors (Lipinski definition) is 1. The Bertz CT molecular complexity index is 707. The van der Waals surface area contributed by atoms with Crippen LogP contribution in [0.3, 0.4) is 0 Å². The number of carbonyl (C=O) groups excluding carboxylic acids is 1. The first kappa shape index (κ1) is 19.9. The Morgan fingerprint density at radius 2 is 1.80 bits per heavy atom. The summed E-state index contributed by atoms with van der Waals surface area (Å²) < 4.78 is 26.9. The van der Waals surface area contributed by atoms with E-state index in [1.807, 2.05) is 13.8 Å². The third-order valence-corrected chi connectivity index (χ3v) is 6.61. The van der Waals surface area contributed by atoms with Crippen molar-refractivity contribution in [1.29, 1.82) is 0 Å². The summed E-state index contributed by atoms with van der Waals surface area (Å²) in [5.41, 5.74) is 1.23. The summed E-state index contributed by atoms with van der Waals surface area (Å²) in [6.45, 7) is 9.26. The Labute approximate surface area is 151 Å². The average molecular weight is 367 g/mol. The van der Waals surface area contributed by atoms with Crippen LogP contribution in [0.4, 0.5) is 0 Å². The standard InChI is InChI=1S/C19H30N2O3S/c1-14(2)7-9-16(4)20-19(22)18-13-17(10-8-15(18)3)25(23,24)21-11-5-6-12-21/h8,10,13-14,16H,5-7,9,11-12H2,1-4H3,(H,20,22). The Hall–Kier alpha value is -1.40. The van der Waals surface area contributed by atoms with Crippen LogP contribution in [-0.4, -0.2) is 37.8 Å². The molecule has 1 unspecified atom stereocenters. The molecule has 1 N–H and O–H groups in total. The van der Waals surface area contributed by atoms with E-state index in [1.165, 1.54) is 10.4 Å². The van der Waals surface area contributed by atoms with Crippen LogP contribution in [0.1, 0.15) is 62.4 Å². The van der Waals surface area contributed by atoms with Gasteiger partial charge in [-0.05, 0) is 63.1 Å². The van der Waals surface area contributed by atoms with Crippen LogP contribution in [0.15, 0.2) is 23.1 Å². The Morgan fingerprint density at radius 1 is 1.16 bits per heavy atom. The number of aryl methyl sites for hydroxylation is 1. The molecule has 2 rings (SSSR count). The summed E-state index contributed by atoms with van der Waals surface area (Å²) in [4.78, 5) is 12.8. The molecule has 1 aliphatic heterocycles. The molecule has 0 radical (unpaired) electrons. The van der Waals surface area contributed by atoms with E-state index in [9.17, 15) is 13.2 Å². The van der Waals surface area contributed by atoms with Gasteiger partial charge >= 0.3 is 0 Å². The quantitative estimate of drug-likeness (QED) is 0.805. The summed E-state index contributed by atoms with van der Waals surface area (Å²) in [5, 5.41) is 2.99. The third-order valence-electron chi connectivity index (χ3n) is 4.71. The van der Waals surface area contributed by atoms with Crippen LogP contribution >= 0.6 is 0 Å². The van der Waals surface area contributed by atoms with E-state index in [4.69, 9.17) is 0 Å². The zero-order valence-electron chi connectivity index (χ0n) is 15.7. The van der Waals surface area contributed by atoms with E-state index >= 15 is 0 Å². The van der Waals surface area contributed by atoms with Crippen molar-refractivity contribution in [2.24, 2.45) is 5.92 Å². The first-order valence-electron chi connectivity index (χ1n) is 9.13. The van der Waals surface area contributed by atoms with E-state index in [2.05, 4.69) is 19.2 Å². The zero-order valence-corrected chi connectivity index (χ0v) is 16.5. The number of benzene rings is 1. The molecule has 0 aromatic heterocycles. The average Bonchev–Trinajstić information content (AvgIpc) is 3.08. The van der Waals surface area contributed by atoms with Crippen molar-refractivity contribution in [2.45, 2.75) is 64.3 Å². The zero-order chi connectivity index (χ0) is 18.6. The van der Waals surface area contributed by atoms with Crippen molar-refractivity contribution < 1.29 is 13.2 Å². The fourth-order valence-electron chi connectivity index (χ4n) is 3.04. The monoisotopic (exact) mass is 366 g/mol. The van der Waals surface area contributed by atoms with E-state index in [-0.39, 0.29) is 16.8 Å². The topological polar surface area (TPSA) is 66.5 Å². The summed E-state index contributed by atoms with van der Waals surface area (Å²) in [7, 11) is -3.51. The highest BCUT2D eigenvalue weighted by Gasteiger charge is 2.28. The van der Waals surface area contributed by atoms with Crippen molar-refractivity contribution in [1.82, 2.24) is 9.62 Å². The number of rotatable bonds is 7. The van der Waals surface area contributed by atoms with E-state index < -0.39 is 10.0 Å². The Balaban J connectivity index is 2.17. The molecule has 140 valence electrons.